The van der Waals surface area contributed by atoms with E-state index in [1.54, 1.807) is 14.0 Å². The summed E-state index contributed by atoms with van der Waals surface area (Å²) in [6, 6.07) is 7.34. The number of carboxylic acid groups (broad SMARTS) is 1. The SMILES string of the molecule is CCCNC(C)(CC(C)Oc1ccccc1OC)C(=O)O. The second-order valence-corrected chi connectivity index (χ2v) is 5.35. The maximum Gasteiger partial charge on any atom is 0.323 e. The third-order valence-corrected chi connectivity index (χ3v) is 3.33. The van der Waals surface area contributed by atoms with E-state index in [0.717, 1.165) is 6.42 Å². The molecule has 0 aliphatic rings. The van der Waals surface area contributed by atoms with Crippen LogP contribution in [0, 0.1) is 0 Å². The van der Waals surface area contributed by atoms with Gasteiger partial charge in [-0.05, 0) is 38.9 Å². The van der Waals surface area contributed by atoms with Gasteiger partial charge >= 0.3 is 5.97 Å². The van der Waals surface area contributed by atoms with E-state index in [0.29, 0.717) is 24.5 Å². The molecule has 1 rings (SSSR count). The zero-order chi connectivity index (χ0) is 15.9. The molecule has 1 aromatic carbocycles. The Labute approximate surface area is 126 Å². The van der Waals surface area contributed by atoms with E-state index in [1.165, 1.54) is 0 Å². The van der Waals surface area contributed by atoms with Gasteiger partial charge in [-0.15, -0.1) is 0 Å². The predicted octanol–water partition coefficient (Wildman–Crippen LogP) is 2.70. The number of hydrogen-bond donors (Lipinski definition) is 2. The van der Waals surface area contributed by atoms with Crippen LogP contribution in [-0.4, -0.2) is 36.4 Å². The van der Waals surface area contributed by atoms with Crippen LogP contribution in [0.25, 0.3) is 0 Å². The zero-order valence-electron chi connectivity index (χ0n) is 13.2. The van der Waals surface area contributed by atoms with Crippen LogP contribution in [0.5, 0.6) is 11.5 Å². The summed E-state index contributed by atoms with van der Waals surface area (Å²) in [5, 5.41) is 12.5. The molecule has 0 aliphatic carbocycles. The molecular formula is C16H25NO4. The first kappa shape index (κ1) is 17.3. The van der Waals surface area contributed by atoms with Crippen LogP contribution in [0.15, 0.2) is 24.3 Å². The first-order valence-corrected chi connectivity index (χ1v) is 7.21. The quantitative estimate of drug-likeness (QED) is 0.733. The molecule has 2 N–H and O–H groups in total. The maximum absolute atomic E-state index is 11.5. The Morgan fingerprint density at radius 3 is 2.52 bits per heavy atom. The molecule has 0 radical (unpaired) electrons. The topological polar surface area (TPSA) is 67.8 Å². The molecule has 0 amide bonds. The molecule has 0 aliphatic heterocycles. The molecule has 0 aromatic heterocycles. The molecule has 0 fully saturated rings. The second kappa shape index (κ2) is 7.88. The minimum Gasteiger partial charge on any atom is -0.493 e. The van der Waals surface area contributed by atoms with Crippen molar-refractivity contribution in [3.63, 3.8) is 0 Å². The molecule has 2 unspecified atom stereocenters. The highest BCUT2D eigenvalue weighted by Crippen LogP contribution is 2.28. The normalized spacial score (nSPS) is 15.0. The Morgan fingerprint density at radius 2 is 2.00 bits per heavy atom. The number of carboxylic acids is 1. The van der Waals surface area contributed by atoms with Gasteiger partial charge in [0.25, 0.3) is 0 Å². The fourth-order valence-corrected chi connectivity index (χ4v) is 2.19. The van der Waals surface area contributed by atoms with Crippen molar-refractivity contribution in [2.45, 2.75) is 45.3 Å². The van der Waals surface area contributed by atoms with Gasteiger partial charge in [0, 0.05) is 6.42 Å². The molecule has 0 spiro atoms. The smallest absolute Gasteiger partial charge is 0.323 e. The van der Waals surface area contributed by atoms with Gasteiger partial charge in [-0.1, -0.05) is 19.1 Å². The summed E-state index contributed by atoms with van der Waals surface area (Å²) in [6.07, 6.45) is 0.983. The average Bonchev–Trinajstić information content (AvgIpc) is 2.45. The van der Waals surface area contributed by atoms with Crippen LogP contribution in [0.1, 0.15) is 33.6 Å². The lowest BCUT2D eigenvalue weighted by atomic mass is 9.94. The first-order valence-electron chi connectivity index (χ1n) is 7.21. The van der Waals surface area contributed by atoms with Crippen LogP contribution in [0.4, 0.5) is 0 Å². The zero-order valence-corrected chi connectivity index (χ0v) is 13.2. The highest BCUT2D eigenvalue weighted by atomic mass is 16.5. The number of ether oxygens (including phenoxy) is 2. The summed E-state index contributed by atoms with van der Waals surface area (Å²) in [7, 11) is 1.58. The molecule has 2 atom stereocenters. The predicted molar refractivity (Wildman–Crippen MR) is 82.0 cm³/mol. The second-order valence-electron chi connectivity index (χ2n) is 5.35. The standard InChI is InChI=1S/C16H25NO4/c1-5-10-17-16(3,15(18)19)11-12(2)21-14-9-7-6-8-13(14)20-4/h6-9,12,17H,5,10-11H2,1-4H3,(H,18,19). The number of para-hydroxylation sites is 2. The molecule has 5 heteroatoms. The fraction of sp³-hybridized carbons (Fsp3) is 0.562. The van der Waals surface area contributed by atoms with E-state index in [4.69, 9.17) is 9.47 Å². The van der Waals surface area contributed by atoms with Crippen molar-refractivity contribution in [3.05, 3.63) is 24.3 Å². The number of hydrogen-bond acceptors (Lipinski definition) is 4. The van der Waals surface area contributed by atoms with Gasteiger partial charge in [0.15, 0.2) is 11.5 Å². The van der Waals surface area contributed by atoms with Crippen LogP contribution in [-0.2, 0) is 4.79 Å². The Hall–Kier alpha value is -1.75. The van der Waals surface area contributed by atoms with Crippen LogP contribution in [0.2, 0.25) is 0 Å². The Kier molecular flexibility index (Phi) is 6.49. The number of methoxy groups -OCH3 is 1. The maximum atomic E-state index is 11.5. The highest BCUT2D eigenvalue weighted by Gasteiger charge is 2.34. The third-order valence-electron chi connectivity index (χ3n) is 3.33. The number of nitrogens with one attached hydrogen (secondary N) is 1. The van der Waals surface area contributed by atoms with Crippen molar-refractivity contribution >= 4 is 5.97 Å². The van der Waals surface area contributed by atoms with E-state index in [-0.39, 0.29) is 6.10 Å². The molecule has 0 saturated carbocycles. The molecule has 0 heterocycles. The van der Waals surface area contributed by atoms with Gasteiger partial charge in [0.2, 0.25) is 0 Å². The summed E-state index contributed by atoms with van der Waals surface area (Å²) in [5.41, 5.74) is -1.00. The molecule has 5 nitrogen and oxygen atoms in total. The minimum atomic E-state index is -1.00. The molecule has 118 valence electrons. The van der Waals surface area contributed by atoms with Gasteiger partial charge in [-0.25, -0.2) is 0 Å². The van der Waals surface area contributed by atoms with Crippen molar-refractivity contribution in [1.82, 2.24) is 5.32 Å². The van der Waals surface area contributed by atoms with Gasteiger partial charge < -0.3 is 19.9 Å². The number of aliphatic carboxylic acids is 1. The van der Waals surface area contributed by atoms with E-state index < -0.39 is 11.5 Å². The van der Waals surface area contributed by atoms with Crippen molar-refractivity contribution in [2.75, 3.05) is 13.7 Å². The molecule has 0 saturated heterocycles. The van der Waals surface area contributed by atoms with Gasteiger partial charge in [-0.2, -0.15) is 0 Å². The van der Waals surface area contributed by atoms with E-state index in [2.05, 4.69) is 5.32 Å². The summed E-state index contributed by atoms with van der Waals surface area (Å²) in [4.78, 5) is 11.5. The molecule has 21 heavy (non-hydrogen) atoms. The van der Waals surface area contributed by atoms with Crippen LogP contribution in [0.3, 0.4) is 0 Å². The molecular weight excluding hydrogens is 270 g/mol. The van der Waals surface area contributed by atoms with Gasteiger partial charge in [0.1, 0.15) is 5.54 Å². The van der Waals surface area contributed by atoms with Crippen LogP contribution >= 0.6 is 0 Å². The van der Waals surface area contributed by atoms with Crippen molar-refractivity contribution in [2.24, 2.45) is 0 Å². The Bertz CT molecular complexity index is 463. The molecule has 1 aromatic rings. The van der Waals surface area contributed by atoms with Gasteiger partial charge in [0.05, 0.1) is 13.2 Å². The molecule has 0 bridgehead atoms. The van der Waals surface area contributed by atoms with Crippen LogP contribution < -0.4 is 14.8 Å². The van der Waals surface area contributed by atoms with Crippen molar-refractivity contribution < 1.29 is 19.4 Å². The first-order chi connectivity index (χ1) is 9.92. The number of rotatable bonds is 9. The summed E-state index contributed by atoms with van der Waals surface area (Å²) >= 11 is 0. The largest absolute Gasteiger partial charge is 0.493 e. The highest BCUT2D eigenvalue weighted by molar-refractivity contribution is 5.78. The van der Waals surface area contributed by atoms with E-state index >= 15 is 0 Å². The summed E-state index contributed by atoms with van der Waals surface area (Å²) in [6.45, 7) is 6.21. The van der Waals surface area contributed by atoms with Crippen molar-refractivity contribution in [3.8, 4) is 11.5 Å². The number of carbonyl (C=O) groups is 1. The fourth-order valence-electron chi connectivity index (χ4n) is 2.19. The lowest BCUT2D eigenvalue weighted by molar-refractivity contribution is -0.145. The average molecular weight is 295 g/mol. The summed E-state index contributed by atoms with van der Waals surface area (Å²) < 4.78 is 11.1. The third kappa shape index (κ3) is 4.93. The summed E-state index contributed by atoms with van der Waals surface area (Å²) in [5.74, 6) is 0.394. The Balaban J connectivity index is 2.74. The monoisotopic (exact) mass is 295 g/mol. The Morgan fingerprint density at radius 1 is 1.38 bits per heavy atom. The van der Waals surface area contributed by atoms with Crippen molar-refractivity contribution in [1.29, 1.82) is 0 Å². The van der Waals surface area contributed by atoms with Gasteiger partial charge in [-0.3, -0.25) is 4.79 Å². The number of benzene rings is 1. The van der Waals surface area contributed by atoms with E-state index in [9.17, 15) is 9.90 Å². The lowest BCUT2D eigenvalue weighted by Crippen LogP contribution is -2.52. The van der Waals surface area contributed by atoms with E-state index in [1.807, 2.05) is 38.1 Å². The lowest BCUT2D eigenvalue weighted by Gasteiger charge is -2.29. The minimum absolute atomic E-state index is 0.258.